The second-order valence-electron chi connectivity index (χ2n) is 9.60. The number of hydrazone groups is 1. The fourth-order valence-electron chi connectivity index (χ4n) is 5.23. The highest BCUT2D eigenvalue weighted by Crippen LogP contribution is 2.44. The Hall–Kier alpha value is -3.46. The Morgan fingerprint density at radius 3 is 2.56 bits per heavy atom. The number of carbonyl (C=O) groups is 2. The Bertz CT molecular complexity index is 1560. The third-order valence-corrected chi connectivity index (χ3v) is 8.28. The summed E-state index contributed by atoms with van der Waals surface area (Å²) in [6.07, 6.45) is 8.51. The van der Waals surface area contributed by atoms with Crippen LogP contribution in [0.4, 0.5) is 0 Å². The van der Waals surface area contributed by atoms with Gasteiger partial charge in [0.05, 0.1) is 23.9 Å². The fraction of sp³-hybridized carbons (Fsp3) is 0.241. The lowest BCUT2D eigenvalue weighted by Gasteiger charge is -2.29. The molecule has 2 aliphatic rings. The Morgan fingerprint density at radius 2 is 1.82 bits per heavy atom. The summed E-state index contributed by atoms with van der Waals surface area (Å²) in [5, 5.41) is 9.55. The molecule has 39 heavy (non-hydrogen) atoms. The molecule has 0 spiro atoms. The minimum Gasteiger partial charge on any atom is -0.455 e. The molecule has 2 aromatic carbocycles. The van der Waals surface area contributed by atoms with E-state index in [2.05, 4.69) is 11.1 Å². The predicted molar refractivity (Wildman–Crippen MR) is 153 cm³/mol. The van der Waals surface area contributed by atoms with Crippen LogP contribution in [0.5, 0.6) is 0 Å². The smallest absolute Gasteiger partial charge is 0.312 e. The van der Waals surface area contributed by atoms with Crippen molar-refractivity contribution < 1.29 is 14.3 Å². The summed E-state index contributed by atoms with van der Waals surface area (Å²) in [7, 11) is 0. The maximum absolute atomic E-state index is 13.5. The van der Waals surface area contributed by atoms with Crippen LogP contribution in [0.25, 0.3) is 11.0 Å². The fourth-order valence-corrected chi connectivity index (χ4v) is 6.20. The van der Waals surface area contributed by atoms with Gasteiger partial charge in [-0.25, -0.2) is 9.99 Å². The molecule has 2 unspecified atom stereocenters. The van der Waals surface area contributed by atoms with Crippen molar-refractivity contribution in [1.29, 1.82) is 0 Å². The average Bonchev–Trinajstić information content (AvgIpc) is 3.63. The van der Waals surface area contributed by atoms with Crippen LogP contribution in [-0.4, -0.2) is 38.6 Å². The maximum Gasteiger partial charge on any atom is 0.312 e. The zero-order valence-electron chi connectivity index (χ0n) is 20.8. The van der Waals surface area contributed by atoms with Gasteiger partial charge in [-0.1, -0.05) is 47.5 Å². The first kappa shape index (κ1) is 25.8. The van der Waals surface area contributed by atoms with Crippen LogP contribution in [0.3, 0.4) is 0 Å². The number of hydrogen-bond acceptors (Lipinski definition) is 6. The van der Waals surface area contributed by atoms with E-state index in [0.717, 1.165) is 46.6 Å². The van der Waals surface area contributed by atoms with Gasteiger partial charge in [0, 0.05) is 33.7 Å². The standard InChI is InChI=1S/C29H24Cl2N4O3S/c30-21-8-4-18(5-9-21)14-20-2-1-3-24-27(20)33-35(28(24)19-6-10-22(31)11-7-19)25(36)17-38-26(37)15-23-16-34-12-13-39-29(34)32-23/h4-14,16,24,28H,1-3,15,17H2. The molecule has 4 aromatic rings. The van der Waals surface area contributed by atoms with E-state index in [-0.39, 0.29) is 24.3 Å². The minimum atomic E-state index is -0.510. The second kappa shape index (κ2) is 11.0. The lowest BCUT2D eigenvalue weighted by Crippen LogP contribution is -2.34. The summed E-state index contributed by atoms with van der Waals surface area (Å²) in [5.41, 5.74) is 4.56. The number of allylic oxidation sites excluding steroid dienone is 1. The SMILES string of the molecule is O=C(Cc1cn2ccsc2n1)OCC(=O)N1N=C2C(=Cc3ccc(Cl)cc3)CCCC2C1c1ccc(Cl)cc1. The normalized spacial score (nSPS) is 19.8. The van der Waals surface area contributed by atoms with Crippen molar-refractivity contribution in [2.75, 3.05) is 6.61 Å². The van der Waals surface area contributed by atoms with E-state index < -0.39 is 12.6 Å². The third-order valence-electron chi connectivity index (χ3n) is 7.00. The highest BCUT2D eigenvalue weighted by molar-refractivity contribution is 7.15. The molecule has 3 heterocycles. The van der Waals surface area contributed by atoms with Gasteiger partial charge >= 0.3 is 5.97 Å². The number of hydrogen-bond donors (Lipinski definition) is 0. The summed E-state index contributed by atoms with van der Waals surface area (Å²) in [4.78, 5) is 31.2. The molecular formula is C29H24Cl2N4O3S. The maximum atomic E-state index is 13.5. The zero-order valence-corrected chi connectivity index (χ0v) is 23.1. The summed E-state index contributed by atoms with van der Waals surface area (Å²) in [5.74, 6) is -0.858. The van der Waals surface area contributed by atoms with Crippen LogP contribution >= 0.6 is 34.5 Å². The largest absolute Gasteiger partial charge is 0.455 e. The highest BCUT2D eigenvalue weighted by atomic mass is 35.5. The second-order valence-corrected chi connectivity index (χ2v) is 11.3. The number of amides is 1. The monoisotopic (exact) mass is 578 g/mol. The summed E-state index contributed by atoms with van der Waals surface area (Å²) >= 11 is 13.7. The van der Waals surface area contributed by atoms with Crippen molar-refractivity contribution in [3.05, 3.63) is 98.7 Å². The van der Waals surface area contributed by atoms with Gasteiger partial charge in [0.2, 0.25) is 0 Å². The molecule has 198 valence electrons. The Morgan fingerprint density at radius 1 is 1.08 bits per heavy atom. The number of benzene rings is 2. The van der Waals surface area contributed by atoms with Gasteiger partial charge in [0.15, 0.2) is 11.6 Å². The average molecular weight is 580 g/mol. The van der Waals surface area contributed by atoms with E-state index in [9.17, 15) is 9.59 Å². The van der Waals surface area contributed by atoms with Crippen LogP contribution < -0.4 is 0 Å². The Labute approximate surface area is 239 Å². The predicted octanol–water partition coefficient (Wildman–Crippen LogP) is 6.61. The van der Waals surface area contributed by atoms with Crippen LogP contribution in [0.15, 0.2) is 77.0 Å². The summed E-state index contributed by atoms with van der Waals surface area (Å²) in [6, 6.07) is 14.8. The van der Waals surface area contributed by atoms with E-state index in [1.165, 1.54) is 16.3 Å². The highest BCUT2D eigenvalue weighted by Gasteiger charge is 2.43. The first-order chi connectivity index (χ1) is 18.9. The van der Waals surface area contributed by atoms with Crippen LogP contribution in [-0.2, 0) is 20.7 Å². The molecule has 2 atom stereocenters. The number of fused-ring (bicyclic) bond motifs is 2. The first-order valence-corrected chi connectivity index (χ1v) is 14.3. The van der Waals surface area contributed by atoms with Crippen molar-refractivity contribution in [2.45, 2.75) is 31.7 Å². The van der Waals surface area contributed by atoms with Gasteiger partial charge < -0.3 is 4.74 Å². The lowest BCUT2D eigenvalue weighted by atomic mass is 9.77. The van der Waals surface area contributed by atoms with Gasteiger partial charge in [0.25, 0.3) is 5.91 Å². The molecule has 6 rings (SSSR count). The number of halogens is 2. The molecule has 1 amide bonds. The molecule has 1 aliphatic heterocycles. The quantitative estimate of drug-likeness (QED) is 0.241. The molecule has 0 radical (unpaired) electrons. The van der Waals surface area contributed by atoms with Gasteiger partial charge in [-0.05, 0) is 66.3 Å². The molecule has 0 bridgehead atoms. The van der Waals surface area contributed by atoms with Crippen molar-refractivity contribution in [1.82, 2.24) is 14.4 Å². The number of imidazole rings is 1. The number of nitrogens with zero attached hydrogens (tertiary/aromatic N) is 4. The third kappa shape index (κ3) is 5.50. The molecule has 7 nitrogen and oxygen atoms in total. The van der Waals surface area contributed by atoms with Gasteiger partial charge in [-0.3, -0.25) is 14.0 Å². The van der Waals surface area contributed by atoms with Gasteiger partial charge in [-0.15, -0.1) is 11.3 Å². The topological polar surface area (TPSA) is 76.3 Å². The molecule has 1 fully saturated rings. The van der Waals surface area contributed by atoms with Crippen molar-refractivity contribution in [2.24, 2.45) is 11.0 Å². The van der Waals surface area contributed by atoms with Crippen molar-refractivity contribution in [3.63, 3.8) is 0 Å². The van der Waals surface area contributed by atoms with E-state index in [4.69, 9.17) is 33.0 Å². The number of aromatic nitrogens is 2. The molecule has 1 saturated carbocycles. The Kier molecular flexibility index (Phi) is 7.25. The van der Waals surface area contributed by atoms with Crippen LogP contribution in [0.2, 0.25) is 10.0 Å². The number of thiazole rings is 1. The van der Waals surface area contributed by atoms with E-state index in [1.54, 1.807) is 6.20 Å². The minimum absolute atomic E-state index is 0.00653. The van der Waals surface area contributed by atoms with Gasteiger partial charge in [-0.2, -0.15) is 5.10 Å². The molecular weight excluding hydrogens is 555 g/mol. The number of esters is 1. The summed E-state index contributed by atoms with van der Waals surface area (Å²) in [6.45, 7) is -0.398. The first-order valence-electron chi connectivity index (χ1n) is 12.6. The number of rotatable bonds is 6. The van der Waals surface area contributed by atoms with Crippen LogP contribution in [0.1, 0.15) is 42.1 Å². The molecule has 10 heteroatoms. The molecule has 1 aliphatic carbocycles. The van der Waals surface area contributed by atoms with E-state index in [1.807, 2.05) is 64.5 Å². The van der Waals surface area contributed by atoms with E-state index in [0.29, 0.717) is 15.7 Å². The Balaban J connectivity index is 1.23. The van der Waals surface area contributed by atoms with Crippen molar-refractivity contribution >= 4 is 63.2 Å². The number of carbonyl (C=O) groups excluding carboxylic acids is 2. The van der Waals surface area contributed by atoms with E-state index >= 15 is 0 Å². The lowest BCUT2D eigenvalue weighted by molar-refractivity contribution is -0.152. The zero-order chi connectivity index (χ0) is 26.9. The van der Waals surface area contributed by atoms with Crippen molar-refractivity contribution in [3.8, 4) is 0 Å². The van der Waals surface area contributed by atoms with Gasteiger partial charge in [0.1, 0.15) is 0 Å². The summed E-state index contributed by atoms with van der Waals surface area (Å²) < 4.78 is 7.24. The number of ether oxygens (including phenoxy) is 1. The molecule has 2 aromatic heterocycles. The molecule has 0 N–H and O–H groups in total. The molecule has 0 saturated heterocycles. The van der Waals surface area contributed by atoms with Crippen LogP contribution in [0, 0.1) is 5.92 Å².